The number of anilines is 1. The van der Waals surface area contributed by atoms with E-state index < -0.39 is 0 Å². The largest absolute Gasteiger partial charge is 0.378 e. The topological polar surface area (TPSA) is 36.0 Å². The fourth-order valence-electron chi connectivity index (χ4n) is 3.24. The Morgan fingerprint density at radius 1 is 1.13 bits per heavy atom. The van der Waals surface area contributed by atoms with E-state index in [1.807, 2.05) is 30.0 Å². The predicted octanol–water partition coefficient (Wildman–Crippen LogP) is 1.71. The molecule has 2 aliphatic rings. The van der Waals surface area contributed by atoms with Gasteiger partial charge in [-0.15, -0.1) is 0 Å². The molecule has 0 aromatic heterocycles. The Kier molecular flexibility index (Phi) is 5.41. The van der Waals surface area contributed by atoms with Gasteiger partial charge in [-0.25, -0.2) is 0 Å². The van der Waals surface area contributed by atoms with E-state index in [0.717, 1.165) is 36.9 Å². The molecule has 0 bridgehead atoms. The average molecular weight is 338 g/mol. The van der Waals surface area contributed by atoms with Crippen molar-refractivity contribution in [2.24, 2.45) is 0 Å². The van der Waals surface area contributed by atoms with Crippen LogP contribution >= 0.6 is 11.6 Å². The van der Waals surface area contributed by atoms with Crippen molar-refractivity contribution < 1.29 is 9.53 Å². The van der Waals surface area contributed by atoms with Crippen LogP contribution in [0.5, 0.6) is 0 Å². The van der Waals surface area contributed by atoms with Gasteiger partial charge in [-0.3, -0.25) is 9.69 Å². The molecule has 126 valence electrons. The number of hydrogen-bond acceptors (Lipinski definition) is 4. The van der Waals surface area contributed by atoms with Gasteiger partial charge in [-0.05, 0) is 25.1 Å². The second kappa shape index (κ2) is 7.51. The van der Waals surface area contributed by atoms with E-state index in [4.69, 9.17) is 16.3 Å². The van der Waals surface area contributed by atoms with Gasteiger partial charge in [0.25, 0.3) is 0 Å². The molecule has 2 saturated heterocycles. The van der Waals surface area contributed by atoms with Gasteiger partial charge in [0.2, 0.25) is 5.91 Å². The summed E-state index contributed by atoms with van der Waals surface area (Å²) < 4.78 is 5.32. The smallest absolute Gasteiger partial charge is 0.239 e. The molecule has 0 spiro atoms. The summed E-state index contributed by atoms with van der Waals surface area (Å²) in [5.41, 5.74) is 1.16. The summed E-state index contributed by atoms with van der Waals surface area (Å²) >= 11 is 6.07. The summed E-state index contributed by atoms with van der Waals surface area (Å²) in [6, 6.07) is 7.90. The third-order valence-corrected chi connectivity index (χ3v) is 4.95. The van der Waals surface area contributed by atoms with Crippen LogP contribution in [0.25, 0.3) is 0 Å². The maximum Gasteiger partial charge on any atom is 0.239 e. The second-order valence-electron chi connectivity index (χ2n) is 6.12. The lowest BCUT2D eigenvalue weighted by Gasteiger charge is -2.40. The zero-order valence-corrected chi connectivity index (χ0v) is 14.3. The summed E-state index contributed by atoms with van der Waals surface area (Å²) in [6.07, 6.45) is 0. The van der Waals surface area contributed by atoms with Crippen LogP contribution in [0.4, 0.5) is 5.69 Å². The monoisotopic (exact) mass is 337 g/mol. The molecule has 6 heteroatoms. The maximum absolute atomic E-state index is 12.6. The third kappa shape index (κ3) is 3.97. The lowest BCUT2D eigenvalue weighted by Crippen LogP contribution is -2.56. The standard InChI is InChI=1S/C17H24ClN3O2/c1-14(17(22)21-9-11-23-12-10-21)19-5-7-20(8-6-19)16-4-2-3-15(18)13-16/h2-4,13-14H,5-12H2,1H3. The van der Waals surface area contributed by atoms with E-state index >= 15 is 0 Å². The third-order valence-electron chi connectivity index (χ3n) is 4.72. The maximum atomic E-state index is 12.6. The molecule has 0 radical (unpaired) electrons. The van der Waals surface area contributed by atoms with Crippen molar-refractivity contribution in [3.63, 3.8) is 0 Å². The van der Waals surface area contributed by atoms with Gasteiger partial charge >= 0.3 is 0 Å². The van der Waals surface area contributed by atoms with E-state index in [-0.39, 0.29) is 11.9 Å². The van der Waals surface area contributed by atoms with Gasteiger partial charge in [-0.2, -0.15) is 0 Å². The number of hydrogen-bond donors (Lipinski definition) is 0. The molecule has 2 aliphatic heterocycles. The first-order valence-corrected chi connectivity index (χ1v) is 8.64. The number of amides is 1. The van der Waals surface area contributed by atoms with Crippen molar-refractivity contribution in [3.05, 3.63) is 29.3 Å². The Morgan fingerprint density at radius 3 is 2.48 bits per heavy atom. The zero-order chi connectivity index (χ0) is 16.2. The van der Waals surface area contributed by atoms with Crippen LogP contribution in [0.1, 0.15) is 6.92 Å². The molecule has 2 heterocycles. The fourth-order valence-corrected chi connectivity index (χ4v) is 3.43. The van der Waals surface area contributed by atoms with Crippen molar-refractivity contribution in [3.8, 4) is 0 Å². The van der Waals surface area contributed by atoms with E-state index in [2.05, 4.69) is 15.9 Å². The molecule has 0 saturated carbocycles. The summed E-state index contributed by atoms with van der Waals surface area (Å²) in [7, 11) is 0. The molecule has 1 amide bonds. The van der Waals surface area contributed by atoms with Gasteiger partial charge in [0.05, 0.1) is 19.3 Å². The summed E-state index contributed by atoms with van der Waals surface area (Å²) in [6.45, 7) is 8.38. The normalized spacial score (nSPS) is 21.3. The molecule has 0 N–H and O–H groups in total. The van der Waals surface area contributed by atoms with Gasteiger partial charge in [-0.1, -0.05) is 17.7 Å². The number of nitrogens with zero attached hydrogens (tertiary/aromatic N) is 3. The minimum Gasteiger partial charge on any atom is -0.378 e. The van der Waals surface area contributed by atoms with Crippen LogP contribution in [-0.4, -0.2) is 74.2 Å². The molecular weight excluding hydrogens is 314 g/mol. The molecule has 5 nitrogen and oxygen atoms in total. The van der Waals surface area contributed by atoms with Gasteiger partial charge in [0, 0.05) is 50.0 Å². The zero-order valence-electron chi connectivity index (χ0n) is 13.6. The van der Waals surface area contributed by atoms with Gasteiger partial charge < -0.3 is 14.5 Å². The van der Waals surface area contributed by atoms with E-state index in [0.29, 0.717) is 26.3 Å². The Labute approximate surface area is 142 Å². The molecular formula is C17H24ClN3O2. The van der Waals surface area contributed by atoms with Crippen LogP contribution in [0.3, 0.4) is 0 Å². The van der Waals surface area contributed by atoms with Crippen molar-refractivity contribution >= 4 is 23.2 Å². The highest BCUT2D eigenvalue weighted by Gasteiger charge is 2.29. The van der Waals surface area contributed by atoms with Crippen LogP contribution in [0.2, 0.25) is 5.02 Å². The highest BCUT2D eigenvalue weighted by atomic mass is 35.5. The number of benzene rings is 1. The highest BCUT2D eigenvalue weighted by Crippen LogP contribution is 2.21. The minimum absolute atomic E-state index is 0.0605. The lowest BCUT2D eigenvalue weighted by atomic mass is 10.2. The molecule has 1 aromatic rings. The molecule has 1 atom stereocenters. The summed E-state index contributed by atoms with van der Waals surface area (Å²) in [5.74, 6) is 0.226. The highest BCUT2D eigenvalue weighted by molar-refractivity contribution is 6.30. The number of carbonyl (C=O) groups is 1. The first-order chi connectivity index (χ1) is 11.1. The Morgan fingerprint density at radius 2 is 1.83 bits per heavy atom. The SMILES string of the molecule is CC(C(=O)N1CCOCC1)N1CCN(c2cccc(Cl)c2)CC1. The Hall–Kier alpha value is -1.30. The first kappa shape index (κ1) is 16.6. The molecule has 3 rings (SSSR count). The molecule has 1 aromatic carbocycles. The lowest BCUT2D eigenvalue weighted by molar-refractivity contribution is -0.140. The average Bonchev–Trinajstić information content (AvgIpc) is 2.61. The number of morpholine rings is 1. The van der Waals surface area contributed by atoms with Crippen LogP contribution in [0, 0.1) is 0 Å². The number of piperazine rings is 1. The molecule has 1 unspecified atom stereocenters. The number of rotatable bonds is 3. The number of ether oxygens (including phenoxy) is 1. The van der Waals surface area contributed by atoms with Crippen molar-refractivity contribution in [1.82, 2.24) is 9.80 Å². The van der Waals surface area contributed by atoms with Gasteiger partial charge in [0.1, 0.15) is 0 Å². The van der Waals surface area contributed by atoms with E-state index in [1.54, 1.807) is 0 Å². The summed E-state index contributed by atoms with van der Waals surface area (Å²) in [5, 5.41) is 0.765. The van der Waals surface area contributed by atoms with Crippen LogP contribution in [-0.2, 0) is 9.53 Å². The van der Waals surface area contributed by atoms with Crippen molar-refractivity contribution in [2.45, 2.75) is 13.0 Å². The van der Waals surface area contributed by atoms with E-state index in [1.165, 1.54) is 0 Å². The van der Waals surface area contributed by atoms with E-state index in [9.17, 15) is 4.79 Å². The fraction of sp³-hybridized carbons (Fsp3) is 0.588. The minimum atomic E-state index is -0.0605. The Bertz CT molecular complexity index is 540. The van der Waals surface area contributed by atoms with Gasteiger partial charge in [0.15, 0.2) is 0 Å². The van der Waals surface area contributed by atoms with Crippen molar-refractivity contribution in [1.29, 1.82) is 0 Å². The number of carbonyl (C=O) groups excluding carboxylic acids is 1. The number of halogens is 1. The summed E-state index contributed by atoms with van der Waals surface area (Å²) in [4.78, 5) is 19.1. The Balaban J connectivity index is 1.54. The molecule has 2 fully saturated rings. The molecule has 23 heavy (non-hydrogen) atoms. The van der Waals surface area contributed by atoms with Crippen LogP contribution < -0.4 is 4.90 Å². The molecule has 0 aliphatic carbocycles. The first-order valence-electron chi connectivity index (χ1n) is 8.26. The van der Waals surface area contributed by atoms with Crippen molar-refractivity contribution in [2.75, 3.05) is 57.4 Å². The predicted molar refractivity (Wildman–Crippen MR) is 92.1 cm³/mol. The second-order valence-corrected chi connectivity index (χ2v) is 6.55. The quantitative estimate of drug-likeness (QED) is 0.841. The van der Waals surface area contributed by atoms with Crippen LogP contribution in [0.15, 0.2) is 24.3 Å².